The van der Waals surface area contributed by atoms with Crippen molar-refractivity contribution in [3.8, 4) is 0 Å². The summed E-state index contributed by atoms with van der Waals surface area (Å²) in [5, 5.41) is 0.332. The Labute approximate surface area is 143 Å². The van der Waals surface area contributed by atoms with Crippen LogP contribution in [0.15, 0.2) is 24.3 Å². The molecular formula is C18H20F4N2O. The molecule has 2 aromatic rings. The van der Waals surface area contributed by atoms with Crippen molar-refractivity contribution in [3.05, 3.63) is 41.3 Å². The summed E-state index contributed by atoms with van der Waals surface area (Å²) in [6, 6.07) is 5.13. The first-order valence-electron chi connectivity index (χ1n) is 7.79. The van der Waals surface area contributed by atoms with Crippen molar-refractivity contribution in [3.63, 3.8) is 0 Å². The lowest BCUT2D eigenvalue weighted by atomic mass is 9.95. The molecular weight excluding hydrogens is 336 g/mol. The summed E-state index contributed by atoms with van der Waals surface area (Å²) >= 11 is 0. The Balaban J connectivity index is 2.53. The van der Waals surface area contributed by atoms with Crippen LogP contribution in [-0.4, -0.2) is 35.1 Å². The van der Waals surface area contributed by atoms with Gasteiger partial charge >= 0.3 is 6.18 Å². The van der Waals surface area contributed by atoms with Gasteiger partial charge in [0, 0.05) is 23.7 Å². The van der Waals surface area contributed by atoms with Crippen molar-refractivity contribution >= 4 is 16.8 Å². The van der Waals surface area contributed by atoms with Crippen molar-refractivity contribution in [2.45, 2.75) is 33.9 Å². The van der Waals surface area contributed by atoms with Crippen LogP contribution >= 0.6 is 0 Å². The second-order valence-electron chi connectivity index (χ2n) is 7.31. The molecule has 0 unspecified atom stereocenters. The number of nitrogens with zero attached hydrogens (tertiary/aromatic N) is 2. The maximum Gasteiger partial charge on any atom is 0.406 e. The number of amides is 1. The summed E-state index contributed by atoms with van der Waals surface area (Å²) in [6.07, 6.45) is -4.51. The second-order valence-corrected chi connectivity index (χ2v) is 7.31. The van der Waals surface area contributed by atoms with Gasteiger partial charge in [-0.05, 0) is 30.5 Å². The van der Waals surface area contributed by atoms with E-state index >= 15 is 0 Å². The van der Waals surface area contributed by atoms with Crippen molar-refractivity contribution < 1.29 is 22.4 Å². The van der Waals surface area contributed by atoms with Gasteiger partial charge in [0.25, 0.3) is 5.91 Å². The van der Waals surface area contributed by atoms with Crippen LogP contribution in [0.3, 0.4) is 0 Å². The zero-order valence-electron chi connectivity index (χ0n) is 14.5. The molecule has 7 heteroatoms. The fraction of sp³-hybridized carbons (Fsp3) is 0.444. The van der Waals surface area contributed by atoms with E-state index in [1.807, 2.05) is 0 Å². The minimum absolute atomic E-state index is 0.0601. The van der Waals surface area contributed by atoms with Gasteiger partial charge < -0.3 is 4.90 Å². The minimum atomic E-state index is -4.51. The standard InChI is InChI=1S/C18H20F4N2O/c1-11-7-14(13-6-5-12(19)8-15(13)23-11)16(25)24(9-17(2,3)4)10-18(20,21)22/h5-8H,9-10H2,1-4H3. The van der Waals surface area contributed by atoms with E-state index in [0.29, 0.717) is 11.1 Å². The molecule has 0 N–H and O–H groups in total. The fourth-order valence-corrected chi connectivity index (χ4v) is 2.67. The number of rotatable bonds is 3. The highest BCUT2D eigenvalue weighted by Gasteiger charge is 2.35. The average molecular weight is 356 g/mol. The zero-order valence-corrected chi connectivity index (χ0v) is 14.5. The number of hydrogen-bond acceptors (Lipinski definition) is 2. The zero-order chi connectivity index (χ0) is 19.0. The number of carbonyl (C=O) groups excluding carboxylic acids is 1. The van der Waals surface area contributed by atoms with E-state index in [4.69, 9.17) is 0 Å². The lowest BCUT2D eigenvalue weighted by molar-refractivity contribution is -0.142. The number of aromatic nitrogens is 1. The molecule has 1 aromatic carbocycles. The number of hydrogen-bond donors (Lipinski definition) is 0. The first-order chi connectivity index (χ1) is 11.4. The van der Waals surface area contributed by atoms with E-state index in [1.54, 1.807) is 27.7 Å². The quantitative estimate of drug-likeness (QED) is 0.745. The molecule has 1 aromatic heterocycles. The van der Waals surface area contributed by atoms with Gasteiger partial charge in [-0.3, -0.25) is 9.78 Å². The smallest absolute Gasteiger partial charge is 0.329 e. The van der Waals surface area contributed by atoms with Gasteiger partial charge in [-0.25, -0.2) is 4.39 Å². The number of aryl methyl sites for hydroxylation is 1. The molecule has 0 saturated heterocycles. The highest BCUT2D eigenvalue weighted by atomic mass is 19.4. The molecule has 0 atom stereocenters. The summed E-state index contributed by atoms with van der Waals surface area (Å²) in [6.45, 7) is 5.49. The molecule has 0 fully saturated rings. The average Bonchev–Trinajstić information content (AvgIpc) is 2.41. The van der Waals surface area contributed by atoms with Gasteiger partial charge in [-0.2, -0.15) is 13.2 Å². The summed E-state index contributed by atoms with van der Waals surface area (Å²) in [5.41, 5.74) is 0.261. The largest absolute Gasteiger partial charge is 0.406 e. The first-order valence-corrected chi connectivity index (χ1v) is 7.79. The van der Waals surface area contributed by atoms with Gasteiger partial charge in [-0.1, -0.05) is 20.8 Å². The maximum atomic E-state index is 13.4. The molecule has 3 nitrogen and oxygen atoms in total. The van der Waals surface area contributed by atoms with Crippen molar-refractivity contribution in [1.82, 2.24) is 9.88 Å². The van der Waals surface area contributed by atoms with Crippen LogP contribution in [0.4, 0.5) is 17.6 Å². The van der Waals surface area contributed by atoms with E-state index in [0.717, 1.165) is 17.0 Å². The SMILES string of the molecule is Cc1cc(C(=O)N(CC(C)(C)C)CC(F)(F)F)c2ccc(F)cc2n1. The summed E-state index contributed by atoms with van der Waals surface area (Å²) in [7, 11) is 0. The maximum absolute atomic E-state index is 13.4. The van der Waals surface area contributed by atoms with Crippen molar-refractivity contribution in [1.29, 1.82) is 0 Å². The molecule has 0 aliphatic rings. The Bertz CT molecular complexity index is 773. The third kappa shape index (κ3) is 5.14. The molecule has 0 bridgehead atoms. The molecule has 1 heterocycles. The molecule has 0 radical (unpaired) electrons. The van der Waals surface area contributed by atoms with E-state index in [2.05, 4.69) is 4.98 Å². The number of fused-ring (bicyclic) bond motifs is 1. The highest BCUT2D eigenvalue weighted by Crippen LogP contribution is 2.26. The van der Waals surface area contributed by atoms with E-state index < -0.39 is 29.9 Å². The topological polar surface area (TPSA) is 33.2 Å². The Kier molecular flexibility index (Phi) is 5.06. The minimum Gasteiger partial charge on any atom is -0.329 e. The first kappa shape index (κ1) is 19.1. The summed E-state index contributed by atoms with van der Waals surface area (Å²) in [5.74, 6) is -1.26. The van der Waals surface area contributed by atoms with Gasteiger partial charge in [0.05, 0.1) is 11.1 Å². The second kappa shape index (κ2) is 6.61. The monoisotopic (exact) mass is 356 g/mol. The number of benzene rings is 1. The van der Waals surface area contributed by atoms with E-state index in [1.165, 1.54) is 12.1 Å². The molecule has 2 rings (SSSR count). The normalized spacial score (nSPS) is 12.5. The molecule has 0 spiro atoms. The van der Waals surface area contributed by atoms with Gasteiger partial charge in [0.15, 0.2) is 0 Å². The Morgan fingerprint density at radius 3 is 2.32 bits per heavy atom. The van der Waals surface area contributed by atoms with E-state index in [9.17, 15) is 22.4 Å². The summed E-state index contributed by atoms with van der Waals surface area (Å²) < 4.78 is 52.3. The predicted octanol–water partition coefficient (Wildman–Crippen LogP) is 4.73. The number of alkyl halides is 3. The highest BCUT2D eigenvalue weighted by molar-refractivity contribution is 6.06. The molecule has 0 saturated carbocycles. The molecule has 25 heavy (non-hydrogen) atoms. The van der Waals surface area contributed by atoms with Crippen LogP contribution < -0.4 is 0 Å². The molecule has 0 aliphatic carbocycles. The Morgan fingerprint density at radius 1 is 1.12 bits per heavy atom. The van der Waals surface area contributed by atoms with Gasteiger partial charge in [0.1, 0.15) is 12.4 Å². The molecule has 136 valence electrons. The third-order valence-corrected chi connectivity index (χ3v) is 3.45. The van der Waals surface area contributed by atoms with Crippen LogP contribution in [0.2, 0.25) is 0 Å². The van der Waals surface area contributed by atoms with E-state index in [-0.39, 0.29) is 17.6 Å². The van der Waals surface area contributed by atoms with Gasteiger partial charge in [0.2, 0.25) is 0 Å². The van der Waals surface area contributed by atoms with Crippen LogP contribution in [-0.2, 0) is 0 Å². The van der Waals surface area contributed by atoms with Crippen molar-refractivity contribution in [2.75, 3.05) is 13.1 Å². The molecule has 0 aliphatic heterocycles. The van der Waals surface area contributed by atoms with Crippen molar-refractivity contribution in [2.24, 2.45) is 5.41 Å². The Hall–Kier alpha value is -2.18. The Morgan fingerprint density at radius 2 is 1.76 bits per heavy atom. The summed E-state index contributed by atoms with van der Waals surface area (Å²) in [4.78, 5) is 17.8. The lowest BCUT2D eigenvalue weighted by Crippen LogP contribution is -2.43. The van der Waals surface area contributed by atoms with Gasteiger partial charge in [-0.15, -0.1) is 0 Å². The predicted molar refractivity (Wildman–Crippen MR) is 87.9 cm³/mol. The van der Waals surface area contributed by atoms with Crippen LogP contribution in [0.25, 0.3) is 10.9 Å². The number of halogens is 4. The van der Waals surface area contributed by atoms with Crippen LogP contribution in [0.5, 0.6) is 0 Å². The fourth-order valence-electron chi connectivity index (χ4n) is 2.67. The molecule has 1 amide bonds. The van der Waals surface area contributed by atoms with Crippen LogP contribution in [0, 0.1) is 18.2 Å². The number of pyridine rings is 1. The third-order valence-electron chi connectivity index (χ3n) is 3.45. The number of carbonyl (C=O) groups is 1. The van der Waals surface area contributed by atoms with Crippen LogP contribution in [0.1, 0.15) is 36.8 Å². The lowest BCUT2D eigenvalue weighted by Gasteiger charge is -2.31.